The lowest BCUT2D eigenvalue weighted by atomic mass is 10.4. The van der Waals surface area contributed by atoms with Gasteiger partial charge in [-0.15, -0.1) is 0 Å². The third-order valence-electron chi connectivity index (χ3n) is 1.86. The standard InChI is InChI=1S/C9H12BrNO3S/c10-8-3-1-2-4-9(8)15(13,14)6-7(12)5-11/h1-4,7,12H,5-6,11H2. The van der Waals surface area contributed by atoms with Gasteiger partial charge in [0.2, 0.25) is 0 Å². The molecule has 3 N–H and O–H groups in total. The van der Waals surface area contributed by atoms with Crippen molar-refractivity contribution in [2.45, 2.75) is 11.0 Å². The molecule has 4 nitrogen and oxygen atoms in total. The van der Waals surface area contributed by atoms with Crippen molar-refractivity contribution in [3.63, 3.8) is 0 Å². The second kappa shape index (κ2) is 5.07. The topological polar surface area (TPSA) is 80.4 Å². The molecule has 1 unspecified atom stereocenters. The molecule has 0 amide bonds. The predicted molar refractivity (Wildman–Crippen MR) is 61.3 cm³/mol. The Morgan fingerprint density at radius 1 is 1.40 bits per heavy atom. The number of aliphatic hydroxyl groups excluding tert-OH is 1. The van der Waals surface area contributed by atoms with Crippen molar-refractivity contribution in [1.82, 2.24) is 0 Å². The summed E-state index contributed by atoms with van der Waals surface area (Å²) in [5.74, 6) is -0.355. The molecule has 0 fully saturated rings. The number of benzene rings is 1. The summed E-state index contributed by atoms with van der Waals surface area (Å²) in [6.45, 7) is -0.0658. The quantitative estimate of drug-likeness (QED) is 0.849. The van der Waals surface area contributed by atoms with E-state index in [4.69, 9.17) is 5.73 Å². The Morgan fingerprint density at radius 2 is 2.00 bits per heavy atom. The Morgan fingerprint density at radius 3 is 2.53 bits per heavy atom. The van der Waals surface area contributed by atoms with Gasteiger partial charge in [0.15, 0.2) is 9.84 Å². The van der Waals surface area contributed by atoms with E-state index >= 15 is 0 Å². The van der Waals surface area contributed by atoms with E-state index in [1.807, 2.05) is 0 Å². The number of rotatable bonds is 4. The van der Waals surface area contributed by atoms with E-state index in [0.717, 1.165) is 0 Å². The molecule has 0 aliphatic rings. The molecule has 1 rings (SSSR count). The van der Waals surface area contributed by atoms with Gasteiger partial charge in [0.25, 0.3) is 0 Å². The van der Waals surface area contributed by atoms with E-state index in [1.54, 1.807) is 18.2 Å². The smallest absolute Gasteiger partial charge is 0.182 e. The van der Waals surface area contributed by atoms with E-state index in [2.05, 4.69) is 15.9 Å². The first-order valence-corrected chi connectivity index (χ1v) is 6.77. The molecule has 0 heterocycles. The van der Waals surface area contributed by atoms with Crippen LogP contribution in [-0.2, 0) is 9.84 Å². The SMILES string of the molecule is NCC(O)CS(=O)(=O)c1ccccc1Br. The molecule has 1 aromatic rings. The van der Waals surface area contributed by atoms with Crippen LogP contribution in [-0.4, -0.2) is 31.9 Å². The molecule has 1 atom stereocenters. The Hall–Kier alpha value is -0.430. The number of hydrogen-bond acceptors (Lipinski definition) is 4. The summed E-state index contributed by atoms with van der Waals surface area (Å²) in [5.41, 5.74) is 5.17. The summed E-state index contributed by atoms with van der Waals surface area (Å²) in [6, 6.07) is 6.49. The van der Waals surface area contributed by atoms with Crippen LogP contribution in [0.4, 0.5) is 0 Å². The van der Waals surface area contributed by atoms with Gasteiger partial charge in [-0.05, 0) is 28.1 Å². The summed E-state index contributed by atoms with van der Waals surface area (Å²) < 4.78 is 24.0. The second-order valence-corrected chi connectivity index (χ2v) is 5.96. The molecule has 0 saturated heterocycles. The van der Waals surface area contributed by atoms with Crippen molar-refractivity contribution in [3.8, 4) is 0 Å². The average molecular weight is 294 g/mol. The van der Waals surface area contributed by atoms with Crippen LogP contribution in [0.25, 0.3) is 0 Å². The van der Waals surface area contributed by atoms with Gasteiger partial charge in [-0.3, -0.25) is 0 Å². The van der Waals surface area contributed by atoms with E-state index < -0.39 is 15.9 Å². The fourth-order valence-electron chi connectivity index (χ4n) is 1.11. The van der Waals surface area contributed by atoms with Gasteiger partial charge in [-0.2, -0.15) is 0 Å². The number of nitrogens with two attached hydrogens (primary N) is 1. The Labute approximate surface area is 97.2 Å². The van der Waals surface area contributed by atoms with Gasteiger partial charge in [-0.1, -0.05) is 12.1 Å². The van der Waals surface area contributed by atoms with Crippen molar-refractivity contribution in [3.05, 3.63) is 28.7 Å². The first-order valence-electron chi connectivity index (χ1n) is 4.33. The zero-order valence-corrected chi connectivity index (χ0v) is 10.3. The summed E-state index contributed by atoms with van der Waals surface area (Å²) in [4.78, 5) is 0.178. The van der Waals surface area contributed by atoms with Crippen LogP contribution in [0.5, 0.6) is 0 Å². The summed E-state index contributed by atoms with van der Waals surface area (Å²) in [6.07, 6.45) is -1.03. The van der Waals surface area contributed by atoms with Crippen LogP contribution in [0, 0.1) is 0 Å². The largest absolute Gasteiger partial charge is 0.391 e. The molecule has 6 heteroatoms. The summed E-state index contributed by atoms with van der Waals surface area (Å²) >= 11 is 3.15. The molecular weight excluding hydrogens is 282 g/mol. The third-order valence-corrected chi connectivity index (χ3v) is 4.66. The number of aliphatic hydroxyl groups is 1. The second-order valence-electron chi connectivity index (χ2n) is 3.10. The summed E-state index contributed by atoms with van der Waals surface area (Å²) in [7, 11) is -3.48. The highest BCUT2D eigenvalue weighted by atomic mass is 79.9. The first-order chi connectivity index (χ1) is 6.97. The minimum Gasteiger partial charge on any atom is -0.391 e. The minimum atomic E-state index is -3.48. The van der Waals surface area contributed by atoms with Gasteiger partial charge < -0.3 is 10.8 Å². The lowest BCUT2D eigenvalue weighted by Gasteiger charge is -2.09. The minimum absolute atomic E-state index is 0.0658. The maximum absolute atomic E-state index is 11.8. The van der Waals surface area contributed by atoms with Gasteiger partial charge in [0.1, 0.15) is 0 Å². The molecule has 0 bridgehead atoms. The molecule has 0 aromatic heterocycles. The van der Waals surface area contributed by atoms with E-state index in [-0.39, 0.29) is 17.2 Å². The zero-order valence-electron chi connectivity index (χ0n) is 7.93. The summed E-state index contributed by atoms with van der Waals surface area (Å²) in [5, 5.41) is 9.23. The lowest BCUT2D eigenvalue weighted by molar-refractivity contribution is 0.205. The third kappa shape index (κ3) is 3.27. The van der Waals surface area contributed by atoms with Crippen LogP contribution in [0.3, 0.4) is 0 Å². The van der Waals surface area contributed by atoms with Crippen LogP contribution in [0.15, 0.2) is 33.6 Å². The molecule has 0 radical (unpaired) electrons. The average Bonchev–Trinajstić information content (AvgIpc) is 2.17. The van der Waals surface area contributed by atoms with Gasteiger partial charge >= 0.3 is 0 Å². The Bertz CT molecular complexity index is 433. The van der Waals surface area contributed by atoms with E-state index in [9.17, 15) is 13.5 Å². The van der Waals surface area contributed by atoms with Crippen LogP contribution < -0.4 is 5.73 Å². The Kier molecular flexibility index (Phi) is 4.27. The monoisotopic (exact) mass is 293 g/mol. The predicted octanol–water partition coefficient (Wildman–Crippen LogP) is 0.542. The normalized spacial score (nSPS) is 13.8. The van der Waals surface area contributed by atoms with Gasteiger partial charge in [0, 0.05) is 11.0 Å². The highest BCUT2D eigenvalue weighted by molar-refractivity contribution is 9.10. The van der Waals surface area contributed by atoms with Crippen molar-refractivity contribution >= 4 is 25.8 Å². The van der Waals surface area contributed by atoms with Crippen molar-refractivity contribution in [1.29, 1.82) is 0 Å². The zero-order chi connectivity index (χ0) is 11.5. The molecule has 1 aromatic carbocycles. The number of halogens is 1. The van der Waals surface area contributed by atoms with Crippen LogP contribution in [0.2, 0.25) is 0 Å². The van der Waals surface area contributed by atoms with Crippen LogP contribution >= 0.6 is 15.9 Å². The molecular formula is C9H12BrNO3S. The molecule has 0 aliphatic heterocycles. The van der Waals surface area contributed by atoms with E-state index in [0.29, 0.717) is 4.47 Å². The fraction of sp³-hybridized carbons (Fsp3) is 0.333. The lowest BCUT2D eigenvalue weighted by Crippen LogP contribution is -2.28. The van der Waals surface area contributed by atoms with Crippen molar-refractivity contribution in [2.24, 2.45) is 5.73 Å². The fourth-order valence-corrected chi connectivity index (χ4v) is 3.61. The highest BCUT2D eigenvalue weighted by Crippen LogP contribution is 2.22. The molecule has 0 spiro atoms. The number of hydrogen-bond donors (Lipinski definition) is 2. The maximum atomic E-state index is 11.8. The first kappa shape index (κ1) is 12.6. The van der Waals surface area contributed by atoms with Crippen molar-refractivity contribution in [2.75, 3.05) is 12.3 Å². The van der Waals surface area contributed by atoms with Crippen molar-refractivity contribution < 1.29 is 13.5 Å². The molecule has 0 aliphatic carbocycles. The van der Waals surface area contributed by atoms with Gasteiger partial charge in [0.05, 0.1) is 16.8 Å². The molecule has 15 heavy (non-hydrogen) atoms. The van der Waals surface area contributed by atoms with Gasteiger partial charge in [-0.25, -0.2) is 8.42 Å². The molecule has 84 valence electrons. The molecule has 0 saturated carbocycles. The van der Waals surface area contributed by atoms with Crippen LogP contribution in [0.1, 0.15) is 0 Å². The Balaban J connectivity index is 3.02. The van der Waals surface area contributed by atoms with E-state index in [1.165, 1.54) is 6.07 Å². The highest BCUT2D eigenvalue weighted by Gasteiger charge is 2.20. The maximum Gasteiger partial charge on any atom is 0.182 e. The number of sulfone groups is 1.